The molecule has 2 aromatic carbocycles. The van der Waals surface area contributed by atoms with Gasteiger partial charge in [0, 0.05) is 17.7 Å². The highest BCUT2D eigenvalue weighted by Gasteiger charge is 2.19. The number of aldehydes is 1. The van der Waals surface area contributed by atoms with Crippen LogP contribution in [0.25, 0.3) is 10.9 Å². The molecule has 0 fully saturated rings. The number of H-pyrrole nitrogens is 1. The second kappa shape index (κ2) is 10.2. The minimum Gasteiger partial charge on any atom is -0.349 e. The quantitative estimate of drug-likeness (QED) is 0.283. The van der Waals surface area contributed by atoms with Crippen molar-refractivity contribution in [1.29, 1.82) is 0 Å². The Morgan fingerprint density at radius 2 is 1.91 bits per heavy atom. The molecule has 10 heteroatoms. The van der Waals surface area contributed by atoms with Crippen LogP contribution in [0.15, 0.2) is 76.3 Å². The van der Waals surface area contributed by atoms with Gasteiger partial charge in [0.2, 0.25) is 0 Å². The molecule has 0 saturated carbocycles. The van der Waals surface area contributed by atoms with Crippen LogP contribution in [0.2, 0.25) is 0 Å². The number of anilines is 1. The zero-order valence-corrected chi connectivity index (χ0v) is 19.8. The van der Waals surface area contributed by atoms with Gasteiger partial charge in [-0.2, -0.15) is 0 Å². The van der Waals surface area contributed by atoms with Crippen LogP contribution in [-0.2, 0) is 20.6 Å². The number of fused-ring (bicyclic) bond motifs is 1. The van der Waals surface area contributed by atoms with Crippen LogP contribution in [-0.4, -0.2) is 37.4 Å². The lowest BCUT2D eigenvalue weighted by Gasteiger charge is -2.11. The van der Waals surface area contributed by atoms with E-state index in [1.54, 1.807) is 35.7 Å². The van der Waals surface area contributed by atoms with E-state index in [-0.39, 0.29) is 27.6 Å². The van der Waals surface area contributed by atoms with Gasteiger partial charge in [0.15, 0.2) is 0 Å². The SMILES string of the molecule is O=CC(CNC(=O)c1cc2cccc(NS(=O)(=O)c3cccs3)c2[nH]1)SCc1ccccc1. The molecular weight excluding hydrogens is 478 g/mol. The molecular formula is C23H21N3O4S3. The topological polar surface area (TPSA) is 108 Å². The fourth-order valence-electron chi connectivity index (χ4n) is 3.19. The van der Waals surface area contributed by atoms with Crippen LogP contribution < -0.4 is 10.0 Å². The molecule has 4 rings (SSSR count). The molecule has 7 nitrogen and oxygen atoms in total. The van der Waals surface area contributed by atoms with Crippen molar-refractivity contribution in [2.24, 2.45) is 0 Å². The zero-order valence-electron chi connectivity index (χ0n) is 17.4. The van der Waals surface area contributed by atoms with E-state index < -0.39 is 10.0 Å². The van der Waals surface area contributed by atoms with Gasteiger partial charge in [-0.25, -0.2) is 8.42 Å². The second-order valence-electron chi connectivity index (χ2n) is 7.17. The Balaban J connectivity index is 1.43. The molecule has 0 aliphatic rings. The highest BCUT2D eigenvalue weighted by molar-refractivity contribution is 7.99. The van der Waals surface area contributed by atoms with E-state index in [0.29, 0.717) is 22.3 Å². The number of rotatable bonds is 10. The first-order valence-electron chi connectivity index (χ1n) is 10.0. The Kier molecular flexibility index (Phi) is 7.17. The molecule has 1 unspecified atom stereocenters. The number of carbonyl (C=O) groups excluding carboxylic acids is 2. The van der Waals surface area contributed by atoms with Gasteiger partial charge >= 0.3 is 0 Å². The van der Waals surface area contributed by atoms with Crippen LogP contribution in [0.1, 0.15) is 16.1 Å². The van der Waals surface area contributed by atoms with Gasteiger partial charge in [0.1, 0.15) is 16.2 Å². The number of aromatic amines is 1. The molecule has 0 spiro atoms. The van der Waals surface area contributed by atoms with Crippen LogP contribution in [0.3, 0.4) is 0 Å². The number of carbonyl (C=O) groups is 2. The van der Waals surface area contributed by atoms with Gasteiger partial charge in [-0.15, -0.1) is 23.1 Å². The summed E-state index contributed by atoms with van der Waals surface area (Å²) < 4.78 is 28.0. The smallest absolute Gasteiger partial charge is 0.271 e. The molecule has 0 aliphatic carbocycles. The van der Waals surface area contributed by atoms with Crippen molar-refractivity contribution in [2.45, 2.75) is 15.2 Å². The number of hydrogen-bond acceptors (Lipinski definition) is 6. The third kappa shape index (κ3) is 5.65. The summed E-state index contributed by atoms with van der Waals surface area (Å²) in [5.41, 5.74) is 2.25. The molecule has 170 valence electrons. The third-order valence-electron chi connectivity index (χ3n) is 4.83. The summed E-state index contributed by atoms with van der Waals surface area (Å²) in [6, 6.07) is 19.8. The van der Waals surface area contributed by atoms with Crippen LogP contribution >= 0.6 is 23.1 Å². The first kappa shape index (κ1) is 23.1. The molecule has 0 radical (unpaired) electrons. The van der Waals surface area contributed by atoms with Crippen molar-refractivity contribution < 1.29 is 18.0 Å². The number of aromatic nitrogens is 1. The number of sulfonamides is 1. The van der Waals surface area contributed by atoms with E-state index in [9.17, 15) is 18.0 Å². The highest BCUT2D eigenvalue weighted by atomic mass is 32.2. The van der Waals surface area contributed by atoms with Crippen LogP contribution in [0.5, 0.6) is 0 Å². The van der Waals surface area contributed by atoms with E-state index in [1.165, 1.54) is 17.8 Å². The lowest BCUT2D eigenvalue weighted by Crippen LogP contribution is -2.31. The van der Waals surface area contributed by atoms with Crippen molar-refractivity contribution in [2.75, 3.05) is 11.3 Å². The number of para-hydroxylation sites is 1. The number of amides is 1. The number of thioether (sulfide) groups is 1. The summed E-state index contributed by atoms with van der Waals surface area (Å²) in [5.74, 6) is 0.297. The Bertz CT molecular complexity index is 1350. The van der Waals surface area contributed by atoms with Gasteiger partial charge < -0.3 is 15.1 Å². The summed E-state index contributed by atoms with van der Waals surface area (Å²) in [6.07, 6.45) is 0.830. The van der Waals surface area contributed by atoms with Gasteiger partial charge in [0.25, 0.3) is 15.9 Å². The van der Waals surface area contributed by atoms with Gasteiger partial charge in [-0.05, 0) is 29.1 Å². The molecule has 0 bridgehead atoms. The summed E-state index contributed by atoms with van der Waals surface area (Å²) in [4.78, 5) is 27.1. The zero-order chi connectivity index (χ0) is 23.3. The van der Waals surface area contributed by atoms with E-state index >= 15 is 0 Å². The Hall–Kier alpha value is -3.08. The van der Waals surface area contributed by atoms with Crippen molar-refractivity contribution in [3.63, 3.8) is 0 Å². The van der Waals surface area contributed by atoms with Gasteiger partial charge in [0.05, 0.1) is 16.5 Å². The summed E-state index contributed by atoms with van der Waals surface area (Å²) in [6.45, 7) is 0.188. The van der Waals surface area contributed by atoms with Crippen LogP contribution in [0, 0.1) is 0 Å². The summed E-state index contributed by atoms with van der Waals surface area (Å²) in [5, 5.41) is 4.78. The monoisotopic (exact) mass is 499 g/mol. The highest BCUT2D eigenvalue weighted by Crippen LogP contribution is 2.27. The van der Waals surface area contributed by atoms with E-state index in [1.807, 2.05) is 30.3 Å². The normalized spacial score (nSPS) is 12.4. The average molecular weight is 500 g/mol. The predicted octanol–water partition coefficient (Wildman–Crippen LogP) is 4.26. The molecule has 2 aromatic heterocycles. The molecule has 0 aliphatic heterocycles. The van der Waals surface area contributed by atoms with Gasteiger partial charge in [-0.3, -0.25) is 9.52 Å². The van der Waals surface area contributed by atoms with Crippen LogP contribution in [0.4, 0.5) is 5.69 Å². The number of hydrogen-bond donors (Lipinski definition) is 3. The third-order valence-corrected chi connectivity index (χ3v) is 8.80. The predicted molar refractivity (Wildman–Crippen MR) is 133 cm³/mol. The first-order valence-corrected chi connectivity index (χ1v) is 13.4. The summed E-state index contributed by atoms with van der Waals surface area (Å²) >= 11 is 2.58. The van der Waals surface area contributed by atoms with Crippen molar-refractivity contribution in [3.05, 3.63) is 83.4 Å². The fraction of sp³-hybridized carbons (Fsp3) is 0.130. The Labute approximate surface area is 199 Å². The maximum atomic E-state index is 12.7. The van der Waals surface area contributed by atoms with Gasteiger partial charge in [-0.1, -0.05) is 48.5 Å². The number of benzene rings is 2. The molecule has 2 heterocycles. The van der Waals surface area contributed by atoms with E-state index in [0.717, 1.165) is 23.2 Å². The molecule has 4 aromatic rings. The maximum absolute atomic E-state index is 12.7. The van der Waals surface area contributed by atoms with E-state index in [2.05, 4.69) is 15.0 Å². The van der Waals surface area contributed by atoms with Crippen molar-refractivity contribution in [3.8, 4) is 0 Å². The molecule has 1 atom stereocenters. The standard InChI is InChI=1S/C23H21N3O4S3/c27-14-18(32-15-16-6-2-1-3-7-16)13-24-23(28)20-12-17-8-4-9-19(22(17)25-20)26-33(29,30)21-10-5-11-31-21/h1-12,14,18,25-26H,13,15H2,(H,24,28). The lowest BCUT2D eigenvalue weighted by atomic mass is 10.2. The minimum absolute atomic E-state index is 0.188. The molecule has 33 heavy (non-hydrogen) atoms. The molecule has 3 N–H and O–H groups in total. The Morgan fingerprint density at radius 1 is 1.09 bits per heavy atom. The average Bonchev–Trinajstić information content (AvgIpc) is 3.51. The molecule has 1 amide bonds. The largest absolute Gasteiger partial charge is 0.349 e. The van der Waals surface area contributed by atoms with E-state index in [4.69, 9.17) is 0 Å². The fourth-order valence-corrected chi connectivity index (χ4v) is 6.13. The number of nitrogens with one attached hydrogen (secondary N) is 3. The maximum Gasteiger partial charge on any atom is 0.271 e. The first-order chi connectivity index (χ1) is 16.0. The number of thiophene rings is 1. The molecule has 0 saturated heterocycles. The Morgan fingerprint density at radius 3 is 2.64 bits per heavy atom. The van der Waals surface area contributed by atoms with Crippen molar-refractivity contribution in [1.82, 2.24) is 10.3 Å². The van der Waals surface area contributed by atoms with Crippen molar-refractivity contribution >= 4 is 61.9 Å². The minimum atomic E-state index is -3.72. The summed E-state index contributed by atoms with van der Waals surface area (Å²) in [7, 11) is -3.72. The lowest BCUT2D eigenvalue weighted by molar-refractivity contribution is -0.107. The second-order valence-corrected chi connectivity index (χ2v) is 11.3.